The van der Waals surface area contributed by atoms with Crippen molar-refractivity contribution in [2.24, 2.45) is 0 Å². The van der Waals surface area contributed by atoms with Crippen molar-refractivity contribution in [1.82, 2.24) is 14.7 Å². The first kappa shape index (κ1) is 17.9. The van der Waals surface area contributed by atoms with E-state index in [-0.39, 0.29) is 4.90 Å². The van der Waals surface area contributed by atoms with Crippen molar-refractivity contribution >= 4 is 21.1 Å². The Hall–Kier alpha value is -3.47. The van der Waals surface area contributed by atoms with E-state index in [1.165, 1.54) is 7.05 Å². The van der Waals surface area contributed by atoms with Gasteiger partial charge >= 0.3 is 0 Å². The Balaban J connectivity index is 1.96. The van der Waals surface area contributed by atoms with Crippen LogP contribution in [0.4, 0.5) is 0 Å². The lowest BCUT2D eigenvalue weighted by molar-refractivity contribution is 0.588. The highest BCUT2D eigenvalue weighted by molar-refractivity contribution is 7.89. The molecule has 4 aromatic rings. The van der Waals surface area contributed by atoms with Crippen molar-refractivity contribution in [3.63, 3.8) is 0 Å². The second-order valence-corrected chi connectivity index (χ2v) is 8.10. The number of pyridine rings is 1. The van der Waals surface area contributed by atoms with Crippen molar-refractivity contribution in [2.45, 2.75) is 4.90 Å². The lowest BCUT2D eigenvalue weighted by Gasteiger charge is -2.09. The Morgan fingerprint density at radius 3 is 2.54 bits per heavy atom. The molecule has 0 atom stereocenters. The summed E-state index contributed by atoms with van der Waals surface area (Å²) in [5, 5.41) is 10.1. The smallest absolute Gasteiger partial charge is 0.240 e. The van der Waals surface area contributed by atoms with Crippen LogP contribution in [0.15, 0.2) is 71.9 Å². The van der Waals surface area contributed by atoms with Crippen LogP contribution < -0.4 is 4.72 Å². The molecule has 7 heteroatoms. The number of aromatic amines is 1. The fraction of sp³-hybridized carbons (Fsp3) is 0.0476. The van der Waals surface area contributed by atoms with E-state index in [2.05, 4.69) is 20.8 Å². The average Bonchev–Trinajstić information content (AvgIpc) is 3.18. The molecule has 4 rings (SSSR count). The van der Waals surface area contributed by atoms with Crippen LogP contribution in [0.25, 0.3) is 33.3 Å². The lowest BCUT2D eigenvalue weighted by Crippen LogP contribution is -2.18. The number of H-pyrrole nitrogens is 1. The van der Waals surface area contributed by atoms with Crippen LogP contribution in [0.3, 0.4) is 0 Å². The molecule has 2 heterocycles. The van der Waals surface area contributed by atoms with Gasteiger partial charge in [-0.25, -0.2) is 18.1 Å². The van der Waals surface area contributed by atoms with E-state index in [4.69, 9.17) is 0 Å². The van der Waals surface area contributed by atoms with Crippen LogP contribution in [0.5, 0.6) is 0 Å². The first-order valence-corrected chi connectivity index (χ1v) is 10.0. The SMILES string of the molecule is CNS(=O)(=O)c1cccc(-c2ccnc3[nH]cc(-c4cccc(C#N)c4)c23)c1. The maximum atomic E-state index is 12.2. The molecule has 0 spiro atoms. The van der Waals surface area contributed by atoms with Crippen molar-refractivity contribution in [3.05, 3.63) is 72.6 Å². The molecule has 2 aromatic carbocycles. The number of benzene rings is 2. The minimum absolute atomic E-state index is 0.195. The first-order chi connectivity index (χ1) is 13.5. The number of nitrogens with one attached hydrogen (secondary N) is 2. The molecule has 138 valence electrons. The highest BCUT2D eigenvalue weighted by Gasteiger charge is 2.16. The predicted molar refractivity (Wildman–Crippen MR) is 108 cm³/mol. The molecule has 0 radical (unpaired) electrons. The first-order valence-electron chi connectivity index (χ1n) is 8.54. The monoisotopic (exact) mass is 388 g/mol. The zero-order chi connectivity index (χ0) is 19.7. The van der Waals surface area contributed by atoms with Crippen LogP contribution in [0.2, 0.25) is 0 Å². The van der Waals surface area contributed by atoms with Crippen molar-refractivity contribution in [3.8, 4) is 28.3 Å². The lowest BCUT2D eigenvalue weighted by atomic mass is 9.97. The Bertz CT molecular complexity index is 1330. The van der Waals surface area contributed by atoms with Gasteiger partial charge in [-0.15, -0.1) is 0 Å². The normalized spacial score (nSPS) is 11.4. The zero-order valence-corrected chi connectivity index (χ0v) is 15.8. The summed E-state index contributed by atoms with van der Waals surface area (Å²) in [5.41, 5.74) is 4.67. The highest BCUT2D eigenvalue weighted by atomic mass is 32.2. The Labute approximate surface area is 162 Å². The van der Waals surface area contributed by atoms with Crippen molar-refractivity contribution in [2.75, 3.05) is 7.05 Å². The Morgan fingerprint density at radius 2 is 1.79 bits per heavy atom. The summed E-state index contributed by atoms with van der Waals surface area (Å²) in [4.78, 5) is 7.75. The van der Waals surface area contributed by atoms with E-state index in [1.807, 2.05) is 36.5 Å². The van der Waals surface area contributed by atoms with Gasteiger partial charge in [-0.05, 0) is 54.1 Å². The summed E-state index contributed by atoms with van der Waals surface area (Å²) >= 11 is 0. The number of fused-ring (bicyclic) bond motifs is 1. The van der Waals surface area contributed by atoms with Gasteiger partial charge in [-0.2, -0.15) is 5.26 Å². The third-order valence-corrected chi connectivity index (χ3v) is 6.01. The van der Waals surface area contributed by atoms with Gasteiger partial charge in [0.1, 0.15) is 5.65 Å². The molecule has 0 saturated carbocycles. The molecular formula is C21H16N4O2S. The summed E-state index contributed by atoms with van der Waals surface area (Å²) in [6.45, 7) is 0. The second kappa shape index (κ2) is 6.93. The van der Waals surface area contributed by atoms with Gasteiger partial charge < -0.3 is 4.98 Å². The van der Waals surface area contributed by atoms with Crippen LogP contribution in [0, 0.1) is 11.3 Å². The van der Waals surface area contributed by atoms with Crippen LogP contribution >= 0.6 is 0 Å². The molecule has 0 fully saturated rings. The van der Waals surface area contributed by atoms with Gasteiger partial charge in [0.15, 0.2) is 0 Å². The number of sulfonamides is 1. The average molecular weight is 388 g/mol. The van der Waals surface area contributed by atoms with Crippen molar-refractivity contribution < 1.29 is 8.42 Å². The highest BCUT2D eigenvalue weighted by Crippen LogP contribution is 2.36. The number of hydrogen-bond donors (Lipinski definition) is 2. The van der Waals surface area contributed by atoms with E-state index in [0.29, 0.717) is 11.2 Å². The van der Waals surface area contributed by atoms with E-state index in [1.54, 1.807) is 30.5 Å². The van der Waals surface area contributed by atoms with E-state index in [9.17, 15) is 13.7 Å². The molecule has 28 heavy (non-hydrogen) atoms. The van der Waals surface area contributed by atoms with E-state index in [0.717, 1.165) is 27.6 Å². The largest absolute Gasteiger partial charge is 0.345 e. The molecule has 0 aliphatic rings. The Kier molecular flexibility index (Phi) is 4.43. The minimum atomic E-state index is -3.55. The van der Waals surface area contributed by atoms with Gasteiger partial charge in [0.25, 0.3) is 0 Å². The molecule has 0 unspecified atom stereocenters. The molecule has 0 aliphatic heterocycles. The number of aromatic nitrogens is 2. The fourth-order valence-electron chi connectivity index (χ4n) is 3.23. The third kappa shape index (κ3) is 3.05. The van der Waals surface area contributed by atoms with Gasteiger partial charge in [-0.1, -0.05) is 24.3 Å². The summed E-state index contributed by atoms with van der Waals surface area (Å²) in [5.74, 6) is 0. The number of nitrogens with zero attached hydrogens (tertiary/aromatic N) is 2. The summed E-state index contributed by atoms with van der Waals surface area (Å²) in [7, 11) is -2.16. The topological polar surface area (TPSA) is 98.6 Å². The molecule has 0 saturated heterocycles. The molecule has 6 nitrogen and oxygen atoms in total. The standard InChI is InChI=1S/C21H16N4O2S/c1-23-28(26,27)17-7-3-6-16(11-17)18-8-9-24-21-20(18)19(13-25-21)15-5-2-4-14(10-15)12-22/h2-11,13,23H,1H3,(H,24,25). The van der Waals surface area contributed by atoms with Gasteiger partial charge in [-0.3, -0.25) is 0 Å². The molecule has 0 amide bonds. The fourth-order valence-corrected chi connectivity index (χ4v) is 4.01. The molecule has 2 aromatic heterocycles. The number of nitriles is 1. The maximum absolute atomic E-state index is 12.2. The number of rotatable bonds is 4. The van der Waals surface area contributed by atoms with Gasteiger partial charge in [0, 0.05) is 23.3 Å². The maximum Gasteiger partial charge on any atom is 0.240 e. The van der Waals surface area contributed by atoms with Gasteiger partial charge in [0.2, 0.25) is 10.0 Å². The molecule has 0 bridgehead atoms. The second-order valence-electron chi connectivity index (χ2n) is 6.21. The molecule has 0 aliphatic carbocycles. The Morgan fingerprint density at radius 1 is 1.04 bits per heavy atom. The quantitative estimate of drug-likeness (QED) is 0.557. The van der Waals surface area contributed by atoms with Crippen LogP contribution in [0.1, 0.15) is 5.56 Å². The predicted octanol–water partition coefficient (Wildman–Crippen LogP) is 3.68. The summed E-state index contributed by atoms with van der Waals surface area (Å²) in [6, 6.07) is 18.1. The molecular weight excluding hydrogens is 372 g/mol. The van der Waals surface area contributed by atoms with Crippen LogP contribution in [-0.4, -0.2) is 25.4 Å². The van der Waals surface area contributed by atoms with Crippen molar-refractivity contribution in [1.29, 1.82) is 5.26 Å². The third-order valence-electron chi connectivity index (χ3n) is 4.60. The van der Waals surface area contributed by atoms with Gasteiger partial charge in [0.05, 0.1) is 16.5 Å². The van der Waals surface area contributed by atoms with E-state index >= 15 is 0 Å². The van der Waals surface area contributed by atoms with E-state index < -0.39 is 10.0 Å². The summed E-state index contributed by atoms with van der Waals surface area (Å²) in [6.07, 6.45) is 3.54. The summed E-state index contributed by atoms with van der Waals surface area (Å²) < 4.78 is 26.7. The number of hydrogen-bond acceptors (Lipinski definition) is 4. The molecule has 2 N–H and O–H groups in total. The zero-order valence-electron chi connectivity index (χ0n) is 15.0. The minimum Gasteiger partial charge on any atom is -0.345 e. The van der Waals surface area contributed by atoms with Crippen LogP contribution in [-0.2, 0) is 10.0 Å².